The number of nitrogens with zero attached hydrogens (tertiary/aromatic N) is 3. The number of nitrogens with one attached hydrogen (secondary N) is 1. The number of para-hydroxylation sites is 1. The third kappa shape index (κ3) is 4.74. The molecule has 1 heterocycles. The minimum atomic E-state index is -0.0758. The van der Waals surface area contributed by atoms with Crippen molar-refractivity contribution in [2.75, 3.05) is 20.6 Å². The molecular formula is C24H28N4O. The molecule has 0 aliphatic heterocycles. The monoisotopic (exact) mass is 388 g/mol. The number of carbonyl (C=O) groups excluding carboxylic acids is 1. The van der Waals surface area contributed by atoms with Gasteiger partial charge in [0, 0.05) is 18.5 Å². The van der Waals surface area contributed by atoms with Gasteiger partial charge in [-0.3, -0.25) is 4.79 Å². The minimum absolute atomic E-state index is 0.0758. The van der Waals surface area contributed by atoms with E-state index in [-0.39, 0.29) is 11.9 Å². The van der Waals surface area contributed by atoms with E-state index in [4.69, 9.17) is 5.10 Å². The second kappa shape index (κ2) is 8.62. The van der Waals surface area contributed by atoms with Crippen LogP contribution in [0.1, 0.15) is 40.5 Å². The number of benzene rings is 2. The van der Waals surface area contributed by atoms with Crippen molar-refractivity contribution < 1.29 is 4.79 Å². The molecule has 1 aliphatic carbocycles. The molecule has 5 heteroatoms. The van der Waals surface area contributed by atoms with Crippen molar-refractivity contribution in [3.8, 4) is 5.69 Å². The van der Waals surface area contributed by atoms with Crippen molar-refractivity contribution in [2.24, 2.45) is 0 Å². The van der Waals surface area contributed by atoms with E-state index in [9.17, 15) is 4.79 Å². The van der Waals surface area contributed by atoms with Crippen LogP contribution >= 0.6 is 0 Å². The molecule has 1 aromatic heterocycles. The fourth-order valence-corrected chi connectivity index (χ4v) is 3.53. The first-order valence-corrected chi connectivity index (χ1v) is 10.3. The lowest BCUT2D eigenvalue weighted by molar-refractivity contribution is 0.0934. The summed E-state index contributed by atoms with van der Waals surface area (Å²) in [7, 11) is 4.11. The third-order valence-electron chi connectivity index (χ3n) is 5.50. The number of hydrogen-bond donors (Lipinski definition) is 1. The van der Waals surface area contributed by atoms with Crippen LogP contribution in [0.25, 0.3) is 5.69 Å². The average molecular weight is 389 g/mol. The molecule has 1 fully saturated rings. The van der Waals surface area contributed by atoms with Gasteiger partial charge in [-0.15, -0.1) is 0 Å². The lowest BCUT2D eigenvalue weighted by Gasteiger charge is -2.24. The van der Waals surface area contributed by atoms with Crippen LogP contribution in [0.4, 0.5) is 0 Å². The molecule has 1 aliphatic rings. The summed E-state index contributed by atoms with van der Waals surface area (Å²) >= 11 is 0. The molecule has 4 rings (SSSR count). The number of carbonyl (C=O) groups is 1. The second-order valence-electron chi connectivity index (χ2n) is 7.99. The van der Waals surface area contributed by atoms with Crippen LogP contribution in [0.15, 0.2) is 66.7 Å². The van der Waals surface area contributed by atoms with Gasteiger partial charge < -0.3 is 10.2 Å². The Bertz CT molecular complexity index is 946. The molecule has 150 valence electrons. The fourth-order valence-electron chi connectivity index (χ4n) is 3.53. The highest BCUT2D eigenvalue weighted by Crippen LogP contribution is 2.39. The molecule has 5 nitrogen and oxygen atoms in total. The summed E-state index contributed by atoms with van der Waals surface area (Å²) in [5.74, 6) is 0.423. The number of rotatable bonds is 8. The fraction of sp³-hybridized carbons (Fsp3) is 0.333. The Balaban J connectivity index is 1.50. The molecule has 3 aromatic rings. The zero-order valence-electron chi connectivity index (χ0n) is 17.1. The van der Waals surface area contributed by atoms with Gasteiger partial charge in [0.15, 0.2) is 0 Å². The van der Waals surface area contributed by atoms with Gasteiger partial charge in [-0.2, -0.15) is 5.10 Å². The predicted molar refractivity (Wildman–Crippen MR) is 115 cm³/mol. The van der Waals surface area contributed by atoms with Crippen molar-refractivity contribution >= 4 is 5.91 Å². The van der Waals surface area contributed by atoms with Gasteiger partial charge in [0.25, 0.3) is 5.91 Å². The maximum Gasteiger partial charge on any atom is 0.270 e. The molecule has 0 bridgehead atoms. The van der Waals surface area contributed by atoms with Crippen molar-refractivity contribution in [3.05, 3.63) is 83.7 Å². The Morgan fingerprint density at radius 1 is 1.10 bits per heavy atom. The SMILES string of the molecule is CN(C)[C@@H](CNC(=O)c1cc(C2CC2)nn1-c1ccccc1)Cc1ccccc1. The van der Waals surface area contributed by atoms with Crippen LogP contribution < -0.4 is 5.32 Å². The van der Waals surface area contributed by atoms with Gasteiger partial charge >= 0.3 is 0 Å². The van der Waals surface area contributed by atoms with Crippen molar-refractivity contribution in [1.82, 2.24) is 20.0 Å². The number of hydrogen-bond acceptors (Lipinski definition) is 3. The number of likely N-dealkylation sites (N-methyl/N-ethyl adjacent to an activating group) is 1. The van der Waals surface area contributed by atoms with Gasteiger partial charge in [0.2, 0.25) is 0 Å². The summed E-state index contributed by atoms with van der Waals surface area (Å²) in [5, 5.41) is 7.88. The molecule has 0 radical (unpaired) electrons. The summed E-state index contributed by atoms with van der Waals surface area (Å²) in [6.07, 6.45) is 3.21. The molecule has 0 unspecified atom stereocenters. The van der Waals surface area contributed by atoms with Crippen LogP contribution in [0.3, 0.4) is 0 Å². The Hall–Kier alpha value is -2.92. The van der Waals surface area contributed by atoms with E-state index < -0.39 is 0 Å². The zero-order valence-corrected chi connectivity index (χ0v) is 17.1. The average Bonchev–Trinajstić information content (AvgIpc) is 3.50. The summed E-state index contributed by atoms with van der Waals surface area (Å²) in [6, 6.07) is 22.5. The van der Waals surface area contributed by atoms with Crippen LogP contribution in [0.5, 0.6) is 0 Å². The Labute approximate surface area is 172 Å². The highest BCUT2D eigenvalue weighted by Gasteiger charge is 2.29. The smallest absolute Gasteiger partial charge is 0.270 e. The van der Waals surface area contributed by atoms with Crippen LogP contribution in [0, 0.1) is 0 Å². The highest BCUT2D eigenvalue weighted by atomic mass is 16.2. The van der Waals surface area contributed by atoms with Gasteiger partial charge in [-0.25, -0.2) is 4.68 Å². The normalized spacial score (nSPS) is 14.7. The van der Waals surface area contributed by atoms with Crippen molar-refractivity contribution in [2.45, 2.75) is 31.2 Å². The van der Waals surface area contributed by atoms with E-state index in [1.807, 2.05) is 42.5 Å². The first-order chi connectivity index (χ1) is 14.1. The second-order valence-corrected chi connectivity index (χ2v) is 7.99. The molecule has 29 heavy (non-hydrogen) atoms. The zero-order chi connectivity index (χ0) is 20.2. The molecule has 0 spiro atoms. The first-order valence-electron chi connectivity index (χ1n) is 10.3. The van der Waals surface area contributed by atoms with Gasteiger partial charge in [0.05, 0.1) is 11.4 Å². The molecule has 2 aromatic carbocycles. The Morgan fingerprint density at radius 2 is 1.76 bits per heavy atom. The summed E-state index contributed by atoms with van der Waals surface area (Å²) in [5.41, 5.74) is 3.81. The van der Waals surface area contributed by atoms with E-state index in [1.54, 1.807) is 4.68 Å². The summed E-state index contributed by atoms with van der Waals surface area (Å²) in [6.45, 7) is 0.583. The summed E-state index contributed by atoms with van der Waals surface area (Å²) in [4.78, 5) is 15.2. The van der Waals surface area contributed by atoms with Crippen LogP contribution in [0.2, 0.25) is 0 Å². The Morgan fingerprint density at radius 3 is 2.38 bits per heavy atom. The molecule has 1 N–H and O–H groups in total. The number of amides is 1. The molecule has 0 saturated heterocycles. The van der Waals surface area contributed by atoms with Crippen molar-refractivity contribution in [3.63, 3.8) is 0 Å². The van der Waals surface area contributed by atoms with Gasteiger partial charge in [-0.1, -0.05) is 48.5 Å². The van der Waals surface area contributed by atoms with E-state index in [2.05, 4.69) is 48.6 Å². The van der Waals surface area contributed by atoms with Gasteiger partial charge in [-0.05, 0) is 57.1 Å². The highest BCUT2D eigenvalue weighted by molar-refractivity contribution is 5.93. The molecule has 1 saturated carbocycles. The summed E-state index contributed by atoms with van der Waals surface area (Å²) < 4.78 is 1.78. The maximum atomic E-state index is 13.1. The van der Waals surface area contributed by atoms with Crippen molar-refractivity contribution in [1.29, 1.82) is 0 Å². The van der Waals surface area contributed by atoms with E-state index in [0.29, 0.717) is 18.2 Å². The molecule has 1 amide bonds. The minimum Gasteiger partial charge on any atom is -0.349 e. The number of aromatic nitrogens is 2. The predicted octanol–water partition coefficient (Wildman–Crippen LogP) is 3.65. The maximum absolute atomic E-state index is 13.1. The third-order valence-corrected chi connectivity index (χ3v) is 5.50. The first kappa shape index (κ1) is 19.4. The molecular weight excluding hydrogens is 360 g/mol. The lowest BCUT2D eigenvalue weighted by atomic mass is 10.1. The van der Waals surface area contributed by atoms with E-state index in [1.165, 1.54) is 5.56 Å². The van der Waals surface area contributed by atoms with E-state index in [0.717, 1.165) is 30.6 Å². The topological polar surface area (TPSA) is 50.2 Å². The lowest BCUT2D eigenvalue weighted by Crippen LogP contribution is -2.42. The standard InChI is InChI=1S/C24H28N4O/c1-27(2)21(15-18-9-5-3-6-10-18)17-25-24(29)23-16-22(19-13-14-19)26-28(23)20-11-7-4-8-12-20/h3-12,16,19,21H,13-15,17H2,1-2H3,(H,25,29)/t21-/m1/s1. The van der Waals surface area contributed by atoms with Crippen LogP contribution in [-0.2, 0) is 6.42 Å². The van der Waals surface area contributed by atoms with E-state index >= 15 is 0 Å². The van der Waals surface area contributed by atoms with Crippen LogP contribution in [-0.4, -0.2) is 47.3 Å². The molecule has 1 atom stereocenters. The Kier molecular flexibility index (Phi) is 5.76. The largest absolute Gasteiger partial charge is 0.349 e. The quantitative estimate of drug-likeness (QED) is 0.641. The van der Waals surface area contributed by atoms with Gasteiger partial charge in [0.1, 0.15) is 5.69 Å².